The number of anilines is 1. The number of aromatic nitrogens is 2. The Kier molecular flexibility index (Phi) is 4.14. The lowest BCUT2D eigenvalue weighted by molar-refractivity contribution is -0.116. The minimum atomic E-state index is -0.672. The highest BCUT2D eigenvalue weighted by atomic mass is 19.1. The number of carbonyl (C=O) groups excluding carboxylic acids is 1. The van der Waals surface area contributed by atoms with Gasteiger partial charge in [0.05, 0.1) is 5.69 Å². The highest BCUT2D eigenvalue weighted by Crippen LogP contribution is 2.25. The quantitative estimate of drug-likeness (QED) is 0.803. The number of nitrogens with zero attached hydrogens (tertiary/aromatic N) is 2. The molecule has 0 spiro atoms. The number of hydrogen-bond donors (Lipinski definition) is 1. The second kappa shape index (κ2) is 6.39. The smallest absolute Gasteiger partial charge is 0.239 e. The van der Waals surface area contributed by atoms with Gasteiger partial charge in [0.1, 0.15) is 17.5 Å². The van der Waals surface area contributed by atoms with Crippen LogP contribution in [0.4, 0.5) is 10.2 Å². The van der Waals surface area contributed by atoms with Gasteiger partial charge < -0.3 is 9.84 Å². The first-order valence-corrected chi connectivity index (χ1v) is 7.04. The fourth-order valence-electron chi connectivity index (χ4n) is 2.28. The number of aryl methyl sites for hydroxylation is 1. The summed E-state index contributed by atoms with van der Waals surface area (Å²) in [6, 6.07) is 12.7. The van der Waals surface area contributed by atoms with Gasteiger partial charge in [0.15, 0.2) is 5.82 Å². The predicted octanol–water partition coefficient (Wildman–Crippen LogP) is 3.29. The van der Waals surface area contributed by atoms with E-state index < -0.39 is 5.92 Å². The first kappa shape index (κ1) is 14.9. The second-order valence-electron chi connectivity index (χ2n) is 5.05. The Hall–Kier alpha value is -3.02. The zero-order valence-electron chi connectivity index (χ0n) is 12.4. The monoisotopic (exact) mass is 311 g/mol. The topological polar surface area (TPSA) is 68.0 Å². The van der Waals surface area contributed by atoms with E-state index in [9.17, 15) is 9.18 Å². The lowest BCUT2D eigenvalue weighted by Crippen LogP contribution is -2.23. The van der Waals surface area contributed by atoms with Crippen molar-refractivity contribution in [2.24, 2.45) is 0 Å². The summed E-state index contributed by atoms with van der Waals surface area (Å²) in [7, 11) is 0. The van der Waals surface area contributed by atoms with Crippen molar-refractivity contribution in [3.63, 3.8) is 0 Å². The Morgan fingerprint density at radius 1 is 1.22 bits per heavy atom. The fourth-order valence-corrected chi connectivity index (χ4v) is 2.28. The Morgan fingerprint density at radius 2 is 2.00 bits per heavy atom. The van der Waals surface area contributed by atoms with Crippen LogP contribution in [0.5, 0.6) is 0 Å². The third-order valence-electron chi connectivity index (χ3n) is 3.33. The summed E-state index contributed by atoms with van der Waals surface area (Å²) < 4.78 is 18.1. The summed E-state index contributed by atoms with van der Waals surface area (Å²) >= 11 is 0. The molecule has 0 bridgehead atoms. The van der Waals surface area contributed by atoms with Crippen molar-refractivity contribution in [1.29, 1.82) is 0 Å². The minimum absolute atomic E-state index is 0.316. The Bertz CT molecular complexity index is 800. The highest BCUT2D eigenvalue weighted by molar-refractivity contribution is 5.97. The fraction of sp³-hybridized carbons (Fsp3) is 0.118. The summed E-state index contributed by atoms with van der Waals surface area (Å²) in [5, 5.41) is 6.45. The molecule has 1 atom stereocenters. The van der Waals surface area contributed by atoms with E-state index in [1.807, 2.05) is 0 Å². The molecule has 0 aliphatic rings. The third-order valence-corrected chi connectivity index (χ3v) is 3.33. The van der Waals surface area contributed by atoms with Crippen molar-refractivity contribution < 1.29 is 13.7 Å². The van der Waals surface area contributed by atoms with Gasteiger partial charge in [-0.15, -0.1) is 0 Å². The molecule has 0 aliphatic carbocycles. The van der Waals surface area contributed by atoms with Crippen LogP contribution >= 0.6 is 0 Å². The number of benzene rings is 1. The van der Waals surface area contributed by atoms with Crippen molar-refractivity contribution in [3.05, 3.63) is 77.6 Å². The van der Waals surface area contributed by atoms with E-state index in [1.54, 1.807) is 49.5 Å². The molecule has 0 aliphatic heterocycles. The normalized spacial score (nSPS) is 11.9. The van der Waals surface area contributed by atoms with Crippen molar-refractivity contribution in [2.75, 3.05) is 5.32 Å². The SMILES string of the molecule is Cc1cc(NC(=O)C(c2ccc(F)cc2)c2ccccn2)no1. The molecule has 6 heteroatoms. The molecule has 3 aromatic rings. The second-order valence-corrected chi connectivity index (χ2v) is 5.05. The molecule has 5 nitrogen and oxygen atoms in total. The maximum absolute atomic E-state index is 13.2. The van der Waals surface area contributed by atoms with Crippen molar-refractivity contribution in [3.8, 4) is 0 Å². The molecule has 1 unspecified atom stereocenters. The number of carbonyl (C=O) groups is 1. The molecule has 1 aromatic carbocycles. The van der Waals surface area contributed by atoms with Gasteiger partial charge in [0.2, 0.25) is 5.91 Å². The molecule has 23 heavy (non-hydrogen) atoms. The molecule has 3 rings (SSSR count). The Labute approximate surface area is 132 Å². The maximum atomic E-state index is 13.2. The molecule has 0 radical (unpaired) electrons. The van der Waals surface area contributed by atoms with Crippen LogP contribution in [-0.4, -0.2) is 16.0 Å². The van der Waals surface area contributed by atoms with Gasteiger partial charge >= 0.3 is 0 Å². The average molecular weight is 311 g/mol. The lowest BCUT2D eigenvalue weighted by atomic mass is 9.94. The van der Waals surface area contributed by atoms with Gasteiger partial charge in [-0.2, -0.15) is 0 Å². The van der Waals surface area contributed by atoms with Crippen LogP contribution in [0.25, 0.3) is 0 Å². The van der Waals surface area contributed by atoms with Crippen LogP contribution in [0, 0.1) is 12.7 Å². The van der Waals surface area contributed by atoms with Crippen LogP contribution < -0.4 is 5.32 Å². The first-order chi connectivity index (χ1) is 11.1. The molecule has 1 amide bonds. The highest BCUT2D eigenvalue weighted by Gasteiger charge is 2.25. The van der Waals surface area contributed by atoms with E-state index in [2.05, 4.69) is 15.5 Å². The van der Waals surface area contributed by atoms with Crippen LogP contribution in [0.3, 0.4) is 0 Å². The zero-order chi connectivity index (χ0) is 16.2. The number of amides is 1. The van der Waals surface area contributed by atoms with E-state index in [0.29, 0.717) is 22.8 Å². The molecule has 0 fully saturated rings. The predicted molar refractivity (Wildman–Crippen MR) is 82.3 cm³/mol. The van der Waals surface area contributed by atoms with Gasteiger partial charge in [0, 0.05) is 12.3 Å². The minimum Gasteiger partial charge on any atom is -0.360 e. The molecule has 0 saturated heterocycles. The van der Waals surface area contributed by atoms with E-state index >= 15 is 0 Å². The number of halogens is 1. The molecule has 2 heterocycles. The van der Waals surface area contributed by atoms with Gasteiger partial charge in [-0.05, 0) is 36.8 Å². The van der Waals surface area contributed by atoms with Gasteiger partial charge in [-0.1, -0.05) is 23.4 Å². The maximum Gasteiger partial charge on any atom is 0.239 e. The van der Waals surface area contributed by atoms with Gasteiger partial charge in [0.25, 0.3) is 0 Å². The molecule has 0 saturated carbocycles. The van der Waals surface area contributed by atoms with E-state index in [1.165, 1.54) is 12.1 Å². The summed E-state index contributed by atoms with van der Waals surface area (Å²) in [6.45, 7) is 1.73. The molecule has 2 aromatic heterocycles. The van der Waals surface area contributed by atoms with E-state index in [0.717, 1.165) is 0 Å². The molecular formula is C17H14FN3O2. The van der Waals surface area contributed by atoms with Crippen LogP contribution in [0.15, 0.2) is 59.3 Å². The molecule has 1 N–H and O–H groups in total. The van der Waals surface area contributed by atoms with E-state index in [-0.39, 0.29) is 11.7 Å². The van der Waals surface area contributed by atoms with Crippen LogP contribution in [-0.2, 0) is 4.79 Å². The van der Waals surface area contributed by atoms with Crippen LogP contribution in [0.2, 0.25) is 0 Å². The first-order valence-electron chi connectivity index (χ1n) is 7.04. The largest absolute Gasteiger partial charge is 0.360 e. The Morgan fingerprint density at radius 3 is 2.61 bits per heavy atom. The zero-order valence-corrected chi connectivity index (χ0v) is 12.4. The summed E-state index contributed by atoms with van der Waals surface area (Å²) in [6.07, 6.45) is 1.61. The Balaban J connectivity index is 1.94. The number of rotatable bonds is 4. The van der Waals surface area contributed by atoms with Crippen molar-refractivity contribution in [2.45, 2.75) is 12.8 Å². The molecular weight excluding hydrogens is 297 g/mol. The van der Waals surface area contributed by atoms with Gasteiger partial charge in [-0.3, -0.25) is 9.78 Å². The van der Waals surface area contributed by atoms with Crippen molar-refractivity contribution >= 4 is 11.7 Å². The summed E-state index contributed by atoms with van der Waals surface area (Å²) in [4.78, 5) is 16.9. The number of nitrogens with one attached hydrogen (secondary N) is 1. The number of hydrogen-bond acceptors (Lipinski definition) is 4. The number of pyridine rings is 1. The average Bonchev–Trinajstić information content (AvgIpc) is 2.95. The van der Waals surface area contributed by atoms with Crippen LogP contribution in [0.1, 0.15) is 22.9 Å². The summed E-state index contributed by atoms with van der Waals surface area (Å²) in [5.74, 6) is -0.425. The molecule has 116 valence electrons. The summed E-state index contributed by atoms with van der Waals surface area (Å²) in [5.41, 5.74) is 1.21. The third kappa shape index (κ3) is 3.42. The van der Waals surface area contributed by atoms with E-state index in [4.69, 9.17) is 4.52 Å². The standard InChI is InChI=1S/C17H14FN3O2/c1-11-10-15(21-23-11)20-17(22)16(14-4-2-3-9-19-14)12-5-7-13(18)8-6-12/h2-10,16H,1H3,(H,20,21,22). The lowest BCUT2D eigenvalue weighted by Gasteiger charge is -2.16. The van der Waals surface area contributed by atoms with Crippen molar-refractivity contribution in [1.82, 2.24) is 10.1 Å². The van der Waals surface area contributed by atoms with Gasteiger partial charge in [-0.25, -0.2) is 4.39 Å².